The van der Waals surface area contributed by atoms with E-state index in [1.54, 1.807) is 12.3 Å². The third kappa shape index (κ3) is 2.70. The summed E-state index contributed by atoms with van der Waals surface area (Å²) >= 11 is 0. The minimum absolute atomic E-state index is 0.0914. The number of anilines is 1. The molecule has 1 aliphatic carbocycles. The van der Waals surface area contributed by atoms with Crippen molar-refractivity contribution in [2.45, 2.75) is 44.6 Å². The molecule has 1 heterocycles. The lowest BCUT2D eigenvalue weighted by molar-refractivity contribution is -0.125. The molecule has 2 unspecified atom stereocenters. The molecule has 0 amide bonds. The van der Waals surface area contributed by atoms with Crippen LogP contribution < -0.4 is 11.5 Å². The zero-order chi connectivity index (χ0) is 13.2. The van der Waals surface area contributed by atoms with Crippen molar-refractivity contribution in [2.24, 2.45) is 11.7 Å². The van der Waals surface area contributed by atoms with Gasteiger partial charge < -0.3 is 11.5 Å². The van der Waals surface area contributed by atoms with E-state index >= 15 is 0 Å². The van der Waals surface area contributed by atoms with Gasteiger partial charge in [0.2, 0.25) is 0 Å². The molecule has 2 atom stereocenters. The molecule has 98 valence electrons. The van der Waals surface area contributed by atoms with E-state index in [1.165, 1.54) is 6.42 Å². The lowest BCUT2D eigenvalue weighted by atomic mass is 9.73. The summed E-state index contributed by atoms with van der Waals surface area (Å²) in [6.07, 6.45) is 5.70. The molecule has 0 bridgehead atoms. The molecule has 0 spiro atoms. The molecule has 1 fully saturated rings. The average Bonchev–Trinajstić information content (AvgIpc) is 2.31. The zero-order valence-corrected chi connectivity index (χ0v) is 10.9. The number of carbonyl (C=O) groups excluding carboxylic acids is 1. The van der Waals surface area contributed by atoms with Crippen molar-refractivity contribution in [1.29, 1.82) is 0 Å². The van der Waals surface area contributed by atoms with Crippen LogP contribution in [0.25, 0.3) is 0 Å². The number of carbonyl (C=O) groups is 1. The third-order valence-corrected chi connectivity index (χ3v) is 3.86. The van der Waals surface area contributed by atoms with Crippen molar-refractivity contribution < 1.29 is 4.79 Å². The highest BCUT2D eigenvalue weighted by molar-refractivity contribution is 5.90. The van der Waals surface area contributed by atoms with E-state index in [-0.39, 0.29) is 5.78 Å². The molecule has 0 saturated heterocycles. The van der Waals surface area contributed by atoms with Crippen molar-refractivity contribution in [3.63, 3.8) is 0 Å². The summed E-state index contributed by atoms with van der Waals surface area (Å²) in [7, 11) is 0. The van der Waals surface area contributed by atoms with Crippen LogP contribution in [0.1, 0.15) is 38.2 Å². The number of rotatable bonds is 3. The number of nitrogen functional groups attached to an aromatic ring is 1. The molecule has 0 aromatic carbocycles. The van der Waals surface area contributed by atoms with E-state index in [1.807, 2.05) is 6.07 Å². The van der Waals surface area contributed by atoms with Crippen LogP contribution >= 0.6 is 0 Å². The minimum Gasteiger partial charge on any atom is -0.383 e. The molecule has 4 N–H and O–H groups in total. The average molecular weight is 247 g/mol. The van der Waals surface area contributed by atoms with Gasteiger partial charge in [-0.15, -0.1) is 0 Å². The molecule has 0 aliphatic heterocycles. The third-order valence-electron chi connectivity index (χ3n) is 3.86. The van der Waals surface area contributed by atoms with E-state index in [2.05, 4.69) is 11.9 Å². The van der Waals surface area contributed by atoms with Gasteiger partial charge in [0.05, 0.1) is 5.54 Å². The van der Waals surface area contributed by atoms with Crippen LogP contribution in [-0.4, -0.2) is 16.3 Å². The summed E-state index contributed by atoms with van der Waals surface area (Å²) in [5, 5.41) is 0. The first-order chi connectivity index (χ1) is 8.51. The number of nitrogens with zero attached hydrogens (tertiary/aromatic N) is 1. The number of nitrogens with two attached hydrogens (primary N) is 2. The standard InChI is InChI=1S/C14H21N3O/c1-10-4-2-6-14(16,9-10)12(18)8-11-5-3-7-17-13(11)15/h3,5,7,10H,2,4,6,8-9,16H2,1H3,(H2,15,17). The predicted octanol–water partition coefficient (Wildman–Crippen LogP) is 1.68. The Bertz CT molecular complexity index is 446. The Labute approximate surface area is 108 Å². The highest BCUT2D eigenvalue weighted by Crippen LogP contribution is 2.32. The topological polar surface area (TPSA) is 82.0 Å². The van der Waals surface area contributed by atoms with Crippen molar-refractivity contribution in [1.82, 2.24) is 4.98 Å². The number of pyridine rings is 1. The molecule has 4 heteroatoms. The van der Waals surface area contributed by atoms with Crippen LogP contribution in [0, 0.1) is 5.92 Å². The predicted molar refractivity (Wildman–Crippen MR) is 71.9 cm³/mol. The van der Waals surface area contributed by atoms with E-state index in [0.717, 1.165) is 24.8 Å². The number of aromatic nitrogens is 1. The first-order valence-electron chi connectivity index (χ1n) is 6.53. The van der Waals surface area contributed by atoms with Crippen LogP contribution in [0.4, 0.5) is 5.82 Å². The van der Waals surface area contributed by atoms with E-state index in [0.29, 0.717) is 18.2 Å². The SMILES string of the molecule is CC1CCCC(N)(C(=O)Cc2cccnc2N)C1. The van der Waals surface area contributed by atoms with Crippen LogP contribution in [0.2, 0.25) is 0 Å². The highest BCUT2D eigenvalue weighted by Gasteiger charge is 2.37. The van der Waals surface area contributed by atoms with Gasteiger partial charge in [0.25, 0.3) is 0 Å². The summed E-state index contributed by atoms with van der Waals surface area (Å²) in [5.41, 5.74) is 12.2. The Morgan fingerprint density at radius 2 is 2.39 bits per heavy atom. The van der Waals surface area contributed by atoms with Crippen molar-refractivity contribution in [3.8, 4) is 0 Å². The monoisotopic (exact) mass is 247 g/mol. The number of hydrogen-bond donors (Lipinski definition) is 2. The quantitative estimate of drug-likeness (QED) is 0.851. The molecule has 1 aromatic heterocycles. The maximum Gasteiger partial charge on any atom is 0.157 e. The van der Waals surface area contributed by atoms with E-state index in [4.69, 9.17) is 11.5 Å². The van der Waals surface area contributed by atoms with Gasteiger partial charge in [-0.2, -0.15) is 0 Å². The second kappa shape index (κ2) is 5.06. The van der Waals surface area contributed by atoms with Crippen LogP contribution in [0.3, 0.4) is 0 Å². The van der Waals surface area contributed by atoms with Crippen LogP contribution in [0.15, 0.2) is 18.3 Å². The lowest BCUT2D eigenvalue weighted by Crippen LogP contribution is -2.51. The molecule has 1 aliphatic rings. The summed E-state index contributed by atoms with van der Waals surface area (Å²) in [6, 6.07) is 3.64. The molecule has 4 nitrogen and oxygen atoms in total. The number of Topliss-reactive ketones (excluding diaryl/α,β-unsaturated/α-hetero) is 1. The van der Waals surface area contributed by atoms with Gasteiger partial charge in [0.1, 0.15) is 5.82 Å². The minimum atomic E-state index is -0.667. The van der Waals surface area contributed by atoms with Gasteiger partial charge in [0, 0.05) is 18.2 Å². The van der Waals surface area contributed by atoms with Gasteiger partial charge in [-0.3, -0.25) is 4.79 Å². The Morgan fingerprint density at radius 1 is 1.61 bits per heavy atom. The van der Waals surface area contributed by atoms with Crippen LogP contribution in [0.5, 0.6) is 0 Å². The summed E-state index contributed by atoms with van der Waals surface area (Å²) in [5.74, 6) is 1.05. The van der Waals surface area contributed by atoms with Crippen LogP contribution in [-0.2, 0) is 11.2 Å². The number of hydrogen-bond acceptors (Lipinski definition) is 4. The Kier molecular flexibility index (Phi) is 3.66. The fraction of sp³-hybridized carbons (Fsp3) is 0.571. The van der Waals surface area contributed by atoms with Gasteiger partial charge in [-0.1, -0.05) is 25.8 Å². The fourth-order valence-electron chi connectivity index (χ4n) is 2.79. The Morgan fingerprint density at radius 3 is 3.06 bits per heavy atom. The Hall–Kier alpha value is -1.42. The smallest absolute Gasteiger partial charge is 0.157 e. The Balaban J connectivity index is 2.10. The highest BCUT2D eigenvalue weighted by atomic mass is 16.1. The maximum absolute atomic E-state index is 12.4. The van der Waals surface area contributed by atoms with E-state index < -0.39 is 5.54 Å². The van der Waals surface area contributed by atoms with Crippen molar-refractivity contribution >= 4 is 11.6 Å². The molecule has 2 rings (SSSR count). The first-order valence-corrected chi connectivity index (χ1v) is 6.53. The molecule has 1 saturated carbocycles. The summed E-state index contributed by atoms with van der Waals surface area (Å²) < 4.78 is 0. The van der Waals surface area contributed by atoms with Gasteiger partial charge in [-0.25, -0.2) is 4.98 Å². The number of ketones is 1. The van der Waals surface area contributed by atoms with Crippen molar-refractivity contribution in [3.05, 3.63) is 23.9 Å². The van der Waals surface area contributed by atoms with Gasteiger partial charge >= 0.3 is 0 Å². The fourth-order valence-corrected chi connectivity index (χ4v) is 2.79. The first kappa shape index (κ1) is 13.0. The second-order valence-electron chi connectivity index (χ2n) is 5.51. The summed E-state index contributed by atoms with van der Waals surface area (Å²) in [4.78, 5) is 16.4. The molecular formula is C14H21N3O. The lowest BCUT2D eigenvalue weighted by Gasteiger charge is -2.35. The van der Waals surface area contributed by atoms with Gasteiger partial charge in [-0.05, 0) is 24.8 Å². The summed E-state index contributed by atoms with van der Waals surface area (Å²) in [6.45, 7) is 2.16. The van der Waals surface area contributed by atoms with Crippen molar-refractivity contribution in [2.75, 3.05) is 5.73 Å². The molecule has 18 heavy (non-hydrogen) atoms. The molecular weight excluding hydrogens is 226 g/mol. The second-order valence-corrected chi connectivity index (χ2v) is 5.51. The zero-order valence-electron chi connectivity index (χ0n) is 10.9. The molecule has 0 radical (unpaired) electrons. The van der Waals surface area contributed by atoms with Gasteiger partial charge in [0.15, 0.2) is 5.78 Å². The largest absolute Gasteiger partial charge is 0.383 e. The normalized spacial score (nSPS) is 28.0. The molecule has 1 aromatic rings. The van der Waals surface area contributed by atoms with E-state index in [9.17, 15) is 4.79 Å². The maximum atomic E-state index is 12.4.